The zero-order valence-corrected chi connectivity index (χ0v) is 15.5. The summed E-state index contributed by atoms with van der Waals surface area (Å²) < 4.78 is 16.0. The van der Waals surface area contributed by atoms with Gasteiger partial charge >= 0.3 is 0 Å². The third-order valence-corrected chi connectivity index (χ3v) is 4.43. The molecule has 6 heteroatoms. The second kappa shape index (κ2) is 7.30. The standard InChI is InChI=1S/C18H28N2O4/c1-18(2,3)20-9-7-19(8-10-20)17(21)13-11-14(22-4)16(24-6)15(12-13)23-5/h11-12H,7-10H2,1-6H3. The zero-order valence-electron chi connectivity index (χ0n) is 15.5. The van der Waals surface area contributed by atoms with E-state index >= 15 is 0 Å². The SMILES string of the molecule is COc1cc(C(=O)N2CCN(C(C)(C)C)CC2)cc(OC)c1OC. The summed E-state index contributed by atoms with van der Waals surface area (Å²) in [5, 5.41) is 0. The van der Waals surface area contributed by atoms with E-state index in [0.29, 0.717) is 35.9 Å². The number of ether oxygens (including phenoxy) is 3. The monoisotopic (exact) mass is 336 g/mol. The predicted octanol–water partition coefficient (Wildman–Crippen LogP) is 2.27. The lowest BCUT2D eigenvalue weighted by molar-refractivity contribution is 0.0450. The summed E-state index contributed by atoms with van der Waals surface area (Å²) in [6, 6.07) is 3.42. The number of piperazine rings is 1. The molecule has 134 valence electrons. The first kappa shape index (κ1) is 18.4. The Hall–Kier alpha value is -1.95. The van der Waals surface area contributed by atoms with Crippen molar-refractivity contribution in [3.05, 3.63) is 17.7 Å². The molecule has 1 aliphatic heterocycles. The Morgan fingerprint density at radius 2 is 1.42 bits per heavy atom. The number of hydrogen-bond donors (Lipinski definition) is 0. The molecule has 24 heavy (non-hydrogen) atoms. The van der Waals surface area contributed by atoms with Crippen LogP contribution >= 0.6 is 0 Å². The molecular formula is C18H28N2O4. The summed E-state index contributed by atoms with van der Waals surface area (Å²) in [5.74, 6) is 1.47. The molecular weight excluding hydrogens is 308 g/mol. The fraction of sp³-hybridized carbons (Fsp3) is 0.611. The van der Waals surface area contributed by atoms with Gasteiger partial charge in [-0.1, -0.05) is 0 Å². The largest absolute Gasteiger partial charge is 0.493 e. The molecule has 0 saturated carbocycles. The highest BCUT2D eigenvalue weighted by atomic mass is 16.5. The molecule has 0 aliphatic carbocycles. The highest BCUT2D eigenvalue weighted by molar-refractivity contribution is 5.95. The van der Waals surface area contributed by atoms with Crippen molar-refractivity contribution in [2.75, 3.05) is 47.5 Å². The second-order valence-electron chi connectivity index (χ2n) is 6.86. The molecule has 0 atom stereocenters. The fourth-order valence-electron chi connectivity index (χ4n) is 2.97. The van der Waals surface area contributed by atoms with E-state index in [1.165, 1.54) is 0 Å². The van der Waals surface area contributed by atoms with E-state index in [4.69, 9.17) is 14.2 Å². The van der Waals surface area contributed by atoms with Crippen molar-refractivity contribution in [2.45, 2.75) is 26.3 Å². The lowest BCUT2D eigenvalue weighted by Crippen LogP contribution is -2.54. The number of carbonyl (C=O) groups excluding carboxylic acids is 1. The molecule has 2 rings (SSSR count). The summed E-state index contributed by atoms with van der Waals surface area (Å²) in [6.07, 6.45) is 0. The lowest BCUT2D eigenvalue weighted by atomic mass is 10.0. The first-order valence-corrected chi connectivity index (χ1v) is 8.16. The zero-order chi connectivity index (χ0) is 17.9. The third kappa shape index (κ3) is 3.75. The molecule has 1 aromatic rings. The van der Waals surface area contributed by atoms with Gasteiger partial charge in [0.05, 0.1) is 21.3 Å². The smallest absolute Gasteiger partial charge is 0.254 e. The normalized spacial score (nSPS) is 16.0. The van der Waals surface area contributed by atoms with Crippen LogP contribution in [0.5, 0.6) is 17.2 Å². The third-order valence-electron chi connectivity index (χ3n) is 4.43. The van der Waals surface area contributed by atoms with Gasteiger partial charge in [0.25, 0.3) is 5.91 Å². The van der Waals surface area contributed by atoms with E-state index in [9.17, 15) is 4.79 Å². The summed E-state index contributed by atoms with van der Waals surface area (Å²) in [5.41, 5.74) is 0.676. The van der Waals surface area contributed by atoms with Crippen LogP contribution in [0.2, 0.25) is 0 Å². The Morgan fingerprint density at radius 3 is 1.79 bits per heavy atom. The van der Waals surface area contributed by atoms with Gasteiger partial charge in [0, 0.05) is 37.3 Å². The van der Waals surface area contributed by atoms with Gasteiger partial charge in [0.2, 0.25) is 5.75 Å². The highest BCUT2D eigenvalue weighted by Crippen LogP contribution is 2.38. The Bertz CT molecular complexity index is 562. The predicted molar refractivity (Wildman–Crippen MR) is 93.3 cm³/mol. The van der Waals surface area contributed by atoms with Crippen LogP contribution in [-0.4, -0.2) is 68.8 Å². The van der Waals surface area contributed by atoms with Crippen LogP contribution in [0.25, 0.3) is 0 Å². The number of nitrogens with zero attached hydrogens (tertiary/aromatic N) is 2. The molecule has 0 aromatic heterocycles. The minimum atomic E-state index is -0.0113. The van der Waals surface area contributed by atoms with E-state index in [-0.39, 0.29) is 11.4 Å². The summed E-state index contributed by atoms with van der Waals surface area (Å²) >= 11 is 0. The fourth-order valence-corrected chi connectivity index (χ4v) is 2.97. The minimum absolute atomic E-state index is 0.0113. The maximum Gasteiger partial charge on any atom is 0.254 e. The molecule has 0 bridgehead atoms. The van der Waals surface area contributed by atoms with Crippen LogP contribution in [0.3, 0.4) is 0 Å². The molecule has 1 fully saturated rings. The maximum absolute atomic E-state index is 12.8. The lowest BCUT2D eigenvalue weighted by Gasteiger charge is -2.42. The molecule has 0 radical (unpaired) electrons. The van der Waals surface area contributed by atoms with Crippen molar-refractivity contribution in [1.82, 2.24) is 9.80 Å². The van der Waals surface area contributed by atoms with E-state index in [0.717, 1.165) is 13.1 Å². The van der Waals surface area contributed by atoms with E-state index in [2.05, 4.69) is 25.7 Å². The van der Waals surface area contributed by atoms with Crippen molar-refractivity contribution in [2.24, 2.45) is 0 Å². The Morgan fingerprint density at radius 1 is 0.917 bits per heavy atom. The number of hydrogen-bond acceptors (Lipinski definition) is 5. The molecule has 1 amide bonds. The summed E-state index contributed by atoms with van der Waals surface area (Å²) in [4.78, 5) is 17.1. The number of amides is 1. The Balaban J connectivity index is 2.19. The van der Waals surface area contributed by atoms with Crippen LogP contribution in [0.1, 0.15) is 31.1 Å². The van der Waals surface area contributed by atoms with Gasteiger partial charge in [-0.15, -0.1) is 0 Å². The summed E-state index contributed by atoms with van der Waals surface area (Å²) in [7, 11) is 4.65. The average molecular weight is 336 g/mol. The van der Waals surface area contributed by atoms with E-state index < -0.39 is 0 Å². The first-order valence-electron chi connectivity index (χ1n) is 8.16. The van der Waals surface area contributed by atoms with Gasteiger partial charge in [0.15, 0.2) is 11.5 Å². The van der Waals surface area contributed by atoms with Crippen molar-refractivity contribution >= 4 is 5.91 Å². The Kier molecular flexibility index (Phi) is 5.59. The topological polar surface area (TPSA) is 51.2 Å². The van der Waals surface area contributed by atoms with Gasteiger partial charge in [-0.25, -0.2) is 0 Å². The van der Waals surface area contributed by atoms with Crippen LogP contribution in [0.4, 0.5) is 0 Å². The van der Waals surface area contributed by atoms with Crippen molar-refractivity contribution < 1.29 is 19.0 Å². The van der Waals surface area contributed by atoms with Gasteiger partial charge in [0.1, 0.15) is 0 Å². The highest BCUT2D eigenvalue weighted by Gasteiger charge is 2.29. The molecule has 1 saturated heterocycles. The van der Waals surface area contributed by atoms with Crippen LogP contribution in [0, 0.1) is 0 Å². The van der Waals surface area contributed by atoms with Crippen molar-refractivity contribution in [3.63, 3.8) is 0 Å². The van der Waals surface area contributed by atoms with Crippen molar-refractivity contribution in [3.8, 4) is 17.2 Å². The molecule has 6 nitrogen and oxygen atoms in total. The molecule has 0 unspecified atom stereocenters. The average Bonchev–Trinajstić information content (AvgIpc) is 2.59. The first-order chi connectivity index (χ1) is 11.3. The molecule has 1 aliphatic rings. The minimum Gasteiger partial charge on any atom is -0.493 e. The number of rotatable bonds is 4. The van der Waals surface area contributed by atoms with Gasteiger partial charge in [-0.3, -0.25) is 9.69 Å². The molecule has 1 aromatic carbocycles. The van der Waals surface area contributed by atoms with Gasteiger partial charge in [-0.05, 0) is 32.9 Å². The van der Waals surface area contributed by atoms with Crippen molar-refractivity contribution in [1.29, 1.82) is 0 Å². The number of carbonyl (C=O) groups is 1. The second-order valence-corrected chi connectivity index (χ2v) is 6.86. The van der Waals surface area contributed by atoms with Crippen LogP contribution in [-0.2, 0) is 0 Å². The number of methoxy groups -OCH3 is 3. The van der Waals surface area contributed by atoms with Crippen LogP contribution < -0.4 is 14.2 Å². The summed E-state index contributed by atoms with van der Waals surface area (Å²) in [6.45, 7) is 9.77. The van der Waals surface area contributed by atoms with E-state index in [1.807, 2.05) is 4.90 Å². The van der Waals surface area contributed by atoms with Gasteiger partial charge in [-0.2, -0.15) is 0 Å². The molecule has 1 heterocycles. The number of benzene rings is 1. The van der Waals surface area contributed by atoms with Crippen LogP contribution in [0.15, 0.2) is 12.1 Å². The Labute approximate surface area is 144 Å². The van der Waals surface area contributed by atoms with E-state index in [1.54, 1.807) is 33.5 Å². The quantitative estimate of drug-likeness (QED) is 0.844. The van der Waals surface area contributed by atoms with Gasteiger partial charge < -0.3 is 19.1 Å². The molecule has 0 N–H and O–H groups in total. The maximum atomic E-state index is 12.8. The molecule has 0 spiro atoms.